The number of hydrogen-bond donors (Lipinski definition) is 2. The van der Waals surface area contributed by atoms with Gasteiger partial charge in [-0.25, -0.2) is 18.8 Å². The highest BCUT2D eigenvalue weighted by Crippen LogP contribution is 2.27. The number of methoxy groups -OCH3 is 2. The minimum Gasteiger partial charge on any atom is -0.478 e. The largest absolute Gasteiger partial charge is 0.478 e. The molecule has 0 fully saturated rings. The van der Waals surface area contributed by atoms with Crippen LogP contribution in [0.25, 0.3) is 0 Å². The molecule has 0 aromatic heterocycles. The first-order valence-corrected chi connectivity index (χ1v) is 6.47. The summed E-state index contributed by atoms with van der Waals surface area (Å²) < 4.78 is 22.6. The number of halogens is 2. The Morgan fingerprint density at radius 1 is 1.27 bits per heavy atom. The third kappa shape index (κ3) is 4.04. The van der Waals surface area contributed by atoms with Crippen LogP contribution in [0.4, 0.5) is 10.1 Å². The molecule has 0 radical (unpaired) electrons. The van der Waals surface area contributed by atoms with Crippen LogP contribution in [0.1, 0.15) is 10.4 Å². The fraction of sp³-hybridized carbons (Fsp3) is 0.154. The van der Waals surface area contributed by atoms with Crippen molar-refractivity contribution in [2.75, 3.05) is 19.5 Å². The van der Waals surface area contributed by atoms with E-state index in [-0.39, 0.29) is 10.2 Å². The van der Waals surface area contributed by atoms with Crippen molar-refractivity contribution in [3.05, 3.63) is 39.8 Å². The molecule has 0 unspecified atom stereocenters. The Kier molecular flexibility index (Phi) is 6.05. The zero-order valence-corrected chi connectivity index (χ0v) is 13.1. The summed E-state index contributed by atoms with van der Waals surface area (Å²) in [4.78, 5) is 34.0. The number of benzene rings is 1. The molecule has 0 saturated carbocycles. The highest BCUT2D eigenvalue weighted by atomic mass is 79.9. The number of rotatable bonds is 5. The van der Waals surface area contributed by atoms with Gasteiger partial charge in [0.15, 0.2) is 5.82 Å². The summed E-state index contributed by atoms with van der Waals surface area (Å²) in [5.74, 6) is -4.41. The van der Waals surface area contributed by atoms with Crippen LogP contribution in [-0.4, -0.2) is 37.2 Å². The molecule has 0 amide bonds. The van der Waals surface area contributed by atoms with E-state index in [1.54, 1.807) is 0 Å². The van der Waals surface area contributed by atoms with Gasteiger partial charge in [-0.05, 0) is 28.1 Å². The van der Waals surface area contributed by atoms with Crippen LogP contribution in [0.5, 0.6) is 0 Å². The molecule has 0 heterocycles. The molecule has 9 heteroatoms. The summed E-state index contributed by atoms with van der Waals surface area (Å²) in [6, 6.07) is 2.47. The third-order valence-corrected chi connectivity index (χ3v) is 3.06. The van der Waals surface area contributed by atoms with Crippen LogP contribution < -0.4 is 5.32 Å². The molecule has 0 saturated heterocycles. The maximum Gasteiger partial charge on any atom is 0.354 e. The first kappa shape index (κ1) is 17.6. The predicted octanol–water partition coefficient (Wildman–Crippen LogP) is 1.93. The van der Waals surface area contributed by atoms with Gasteiger partial charge >= 0.3 is 17.9 Å². The van der Waals surface area contributed by atoms with Crippen molar-refractivity contribution in [1.82, 2.24) is 0 Å². The molecule has 2 N–H and O–H groups in total. The second kappa shape index (κ2) is 7.55. The van der Waals surface area contributed by atoms with Crippen LogP contribution in [0.3, 0.4) is 0 Å². The van der Waals surface area contributed by atoms with Gasteiger partial charge in [0.25, 0.3) is 0 Å². The highest BCUT2D eigenvalue weighted by Gasteiger charge is 2.21. The fourth-order valence-electron chi connectivity index (χ4n) is 1.44. The lowest BCUT2D eigenvalue weighted by atomic mass is 10.1. The highest BCUT2D eigenvalue weighted by molar-refractivity contribution is 9.10. The van der Waals surface area contributed by atoms with E-state index >= 15 is 0 Å². The zero-order valence-electron chi connectivity index (χ0n) is 11.5. The van der Waals surface area contributed by atoms with E-state index in [0.717, 1.165) is 20.3 Å². The Morgan fingerprint density at radius 2 is 1.91 bits per heavy atom. The van der Waals surface area contributed by atoms with Gasteiger partial charge in [-0.2, -0.15) is 0 Å². The Bertz CT molecular complexity index is 658. The summed E-state index contributed by atoms with van der Waals surface area (Å²) >= 11 is 2.86. The second-order valence-corrected chi connectivity index (χ2v) is 4.64. The molecular formula is C13H11BrFNO6. The lowest BCUT2D eigenvalue weighted by Gasteiger charge is -2.12. The first-order chi connectivity index (χ1) is 10.3. The Hall–Kier alpha value is -2.42. The predicted molar refractivity (Wildman–Crippen MR) is 76.8 cm³/mol. The Morgan fingerprint density at radius 3 is 2.41 bits per heavy atom. The van der Waals surface area contributed by atoms with Gasteiger partial charge in [0.1, 0.15) is 11.3 Å². The molecule has 22 heavy (non-hydrogen) atoms. The van der Waals surface area contributed by atoms with Gasteiger partial charge in [-0.3, -0.25) is 0 Å². The number of hydrogen-bond acceptors (Lipinski definition) is 6. The van der Waals surface area contributed by atoms with Crippen molar-refractivity contribution in [2.24, 2.45) is 0 Å². The molecule has 118 valence electrons. The minimum absolute atomic E-state index is 0.0629. The van der Waals surface area contributed by atoms with E-state index in [4.69, 9.17) is 5.11 Å². The average molecular weight is 376 g/mol. The summed E-state index contributed by atoms with van der Waals surface area (Å²) in [5.41, 5.74) is -1.33. The monoisotopic (exact) mass is 375 g/mol. The molecule has 7 nitrogen and oxygen atoms in total. The van der Waals surface area contributed by atoms with Crippen LogP contribution in [-0.2, 0) is 19.1 Å². The molecular weight excluding hydrogens is 365 g/mol. The number of esters is 2. The first-order valence-electron chi connectivity index (χ1n) is 5.68. The second-order valence-electron chi connectivity index (χ2n) is 3.79. The number of carboxylic acid groups (broad SMARTS) is 1. The van der Waals surface area contributed by atoms with E-state index < -0.39 is 35.0 Å². The van der Waals surface area contributed by atoms with Gasteiger partial charge in [0.05, 0.1) is 30.5 Å². The van der Waals surface area contributed by atoms with Crippen molar-refractivity contribution >= 4 is 39.5 Å². The molecule has 0 aliphatic heterocycles. The molecule has 1 rings (SSSR count). The topological polar surface area (TPSA) is 102 Å². The zero-order chi connectivity index (χ0) is 16.9. The summed E-state index contributed by atoms with van der Waals surface area (Å²) in [6.45, 7) is 0. The van der Waals surface area contributed by atoms with E-state index in [2.05, 4.69) is 30.7 Å². The average Bonchev–Trinajstić information content (AvgIpc) is 2.48. The fourth-order valence-corrected chi connectivity index (χ4v) is 1.77. The molecule has 0 bridgehead atoms. The minimum atomic E-state index is -1.55. The lowest BCUT2D eigenvalue weighted by Crippen LogP contribution is -2.17. The summed E-state index contributed by atoms with van der Waals surface area (Å²) in [6.07, 6.45) is 0.761. The normalized spacial score (nSPS) is 10.8. The van der Waals surface area contributed by atoms with Gasteiger partial charge in [0.2, 0.25) is 0 Å². The van der Waals surface area contributed by atoms with Crippen LogP contribution in [0.15, 0.2) is 28.4 Å². The van der Waals surface area contributed by atoms with Gasteiger partial charge in [0, 0.05) is 0 Å². The quantitative estimate of drug-likeness (QED) is 0.598. The lowest BCUT2D eigenvalue weighted by molar-refractivity contribution is -0.138. The Balaban J connectivity index is 3.33. The van der Waals surface area contributed by atoms with Crippen molar-refractivity contribution in [1.29, 1.82) is 0 Å². The number of nitrogens with one attached hydrogen (secondary N) is 1. The maximum atomic E-state index is 13.9. The van der Waals surface area contributed by atoms with Gasteiger partial charge in [-0.15, -0.1) is 0 Å². The number of ether oxygens (including phenoxy) is 2. The molecule has 0 atom stereocenters. The van der Waals surface area contributed by atoms with Gasteiger partial charge in [-0.1, -0.05) is 0 Å². The smallest absolute Gasteiger partial charge is 0.354 e. The van der Waals surface area contributed by atoms with Crippen molar-refractivity contribution < 1.29 is 33.4 Å². The molecule has 0 spiro atoms. The standard InChI is InChI=1S/C13H11BrFNO6/c1-21-9(17)5-8(13(20)22-2)16-7-4-3-6(14)11(15)10(7)12(18)19/h3-5,16H,1-2H3,(H,18,19)/b8-5+. The summed E-state index contributed by atoms with van der Waals surface area (Å²) in [5, 5.41) is 11.4. The van der Waals surface area contributed by atoms with Crippen molar-refractivity contribution in [3.63, 3.8) is 0 Å². The molecule has 1 aromatic carbocycles. The third-order valence-electron chi connectivity index (χ3n) is 2.45. The van der Waals surface area contributed by atoms with E-state index in [1.165, 1.54) is 12.1 Å². The van der Waals surface area contributed by atoms with Crippen LogP contribution >= 0.6 is 15.9 Å². The number of aromatic carboxylic acids is 1. The van der Waals surface area contributed by atoms with Gasteiger partial charge < -0.3 is 19.9 Å². The van der Waals surface area contributed by atoms with Crippen molar-refractivity contribution in [2.45, 2.75) is 0 Å². The van der Waals surface area contributed by atoms with Crippen LogP contribution in [0.2, 0.25) is 0 Å². The SMILES string of the molecule is COC(=O)/C=C(/Nc1ccc(Br)c(F)c1C(=O)O)C(=O)OC. The molecule has 0 aliphatic carbocycles. The maximum absolute atomic E-state index is 13.9. The number of carbonyl (C=O) groups excluding carboxylic acids is 2. The number of carbonyl (C=O) groups is 3. The number of anilines is 1. The Labute approximate surface area is 132 Å². The van der Waals surface area contributed by atoms with E-state index in [0.29, 0.717) is 0 Å². The molecule has 1 aromatic rings. The van der Waals surface area contributed by atoms with Crippen molar-refractivity contribution in [3.8, 4) is 0 Å². The summed E-state index contributed by atoms with van der Waals surface area (Å²) in [7, 11) is 2.16. The van der Waals surface area contributed by atoms with Crippen LogP contribution in [0, 0.1) is 5.82 Å². The van der Waals surface area contributed by atoms with E-state index in [9.17, 15) is 18.8 Å². The molecule has 0 aliphatic rings. The number of carboxylic acids is 1. The van der Waals surface area contributed by atoms with E-state index in [1.807, 2.05) is 0 Å².